The molecule has 72 valence electrons. The van der Waals surface area contributed by atoms with E-state index in [-0.39, 0.29) is 12.5 Å². The Kier molecular flexibility index (Phi) is 3.32. The summed E-state index contributed by atoms with van der Waals surface area (Å²) in [6.07, 6.45) is 0. The second-order valence-electron chi connectivity index (χ2n) is 3.57. The monoisotopic (exact) mass is 179 g/mol. The van der Waals surface area contributed by atoms with Gasteiger partial charge in [-0.3, -0.25) is 0 Å². The highest BCUT2D eigenvalue weighted by atomic mass is 16.3. The van der Waals surface area contributed by atoms with Crippen molar-refractivity contribution in [3.05, 3.63) is 29.8 Å². The van der Waals surface area contributed by atoms with Crippen molar-refractivity contribution in [1.29, 1.82) is 0 Å². The molecule has 0 spiro atoms. The van der Waals surface area contributed by atoms with Crippen molar-refractivity contribution < 1.29 is 5.11 Å². The molecular weight excluding hydrogens is 162 g/mol. The van der Waals surface area contributed by atoms with E-state index < -0.39 is 0 Å². The Morgan fingerprint density at radius 1 is 1.23 bits per heavy atom. The van der Waals surface area contributed by atoms with Gasteiger partial charge in [-0.1, -0.05) is 19.1 Å². The van der Waals surface area contributed by atoms with E-state index in [1.54, 1.807) is 0 Å². The van der Waals surface area contributed by atoms with E-state index >= 15 is 0 Å². The molecule has 2 nitrogen and oxygen atoms in total. The van der Waals surface area contributed by atoms with Gasteiger partial charge in [0.1, 0.15) is 0 Å². The van der Waals surface area contributed by atoms with Gasteiger partial charge in [-0.2, -0.15) is 0 Å². The number of aliphatic hydroxyl groups excluding tert-OH is 1. The molecule has 2 heteroatoms. The summed E-state index contributed by atoms with van der Waals surface area (Å²) in [5.41, 5.74) is 2.38. The van der Waals surface area contributed by atoms with Crippen LogP contribution in [0.3, 0.4) is 0 Å². The van der Waals surface area contributed by atoms with Crippen LogP contribution in [0, 0.1) is 0 Å². The van der Waals surface area contributed by atoms with Crippen LogP contribution in [0.15, 0.2) is 24.3 Å². The molecule has 13 heavy (non-hydrogen) atoms. The Morgan fingerprint density at radius 3 is 2.15 bits per heavy atom. The maximum atomic E-state index is 8.96. The van der Waals surface area contributed by atoms with Crippen LogP contribution in [-0.4, -0.2) is 25.8 Å². The number of hydrogen-bond donors (Lipinski definition) is 1. The molecule has 1 aromatic carbocycles. The summed E-state index contributed by atoms with van der Waals surface area (Å²) in [4.78, 5) is 2.06. The Morgan fingerprint density at radius 2 is 1.77 bits per heavy atom. The van der Waals surface area contributed by atoms with Crippen molar-refractivity contribution in [3.8, 4) is 0 Å². The van der Waals surface area contributed by atoms with Gasteiger partial charge in [-0.05, 0) is 17.7 Å². The molecule has 0 aliphatic rings. The molecule has 1 atom stereocenters. The molecule has 0 amide bonds. The number of hydrogen-bond acceptors (Lipinski definition) is 2. The van der Waals surface area contributed by atoms with E-state index in [2.05, 4.69) is 29.2 Å². The van der Waals surface area contributed by atoms with E-state index in [9.17, 15) is 0 Å². The lowest BCUT2D eigenvalue weighted by Gasteiger charge is -2.14. The molecule has 0 fully saturated rings. The van der Waals surface area contributed by atoms with Crippen molar-refractivity contribution in [3.63, 3.8) is 0 Å². The smallest absolute Gasteiger partial charge is 0.0497 e. The molecule has 1 N–H and O–H groups in total. The molecule has 0 aliphatic heterocycles. The van der Waals surface area contributed by atoms with Crippen LogP contribution < -0.4 is 4.90 Å². The van der Waals surface area contributed by atoms with Crippen molar-refractivity contribution in [1.82, 2.24) is 0 Å². The first-order valence-corrected chi connectivity index (χ1v) is 4.53. The van der Waals surface area contributed by atoms with Crippen molar-refractivity contribution >= 4 is 5.69 Å². The maximum Gasteiger partial charge on any atom is 0.0497 e. The van der Waals surface area contributed by atoms with Crippen LogP contribution in [0.1, 0.15) is 18.4 Å². The number of aliphatic hydroxyl groups is 1. The lowest BCUT2D eigenvalue weighted by Crippen LogP contribution is -2.08. The van der Waals surface area contributed by atoms with Crippen LogP contribution in [-0.2, 0) is 0 Å². The fraction of sp³-hybridized carbons (Fsp3) is 0.455. The van der Waals surface area contributed by atoms with Crippen LogP contribution in [0.25, 0.3) is 0 Å². The highest BCUT2D eigenvalue weighted by molar-refractivity contribution is 5.46. The van der Waals surface area contributed by atoms with E-state index in [1.165, 1.54) is 11.3 Å². The summed E-state index contributed by atoms with van der Waals surface area (Å²) < 4.78 is 0. The van der Waals surface area contributed by atoms with Crippen molar-refractivity contribution in [2.45, 2.75) is 12.8 Å². The van der Waals surface area contributed by atoms with Gasteiger partial charge in [0, 0.05) is 32.3 Å². The summed E-state index contributed by atoms with van der Waals surface area (Å²) in [7, 11) is 4.04. The third kappa shape index (κ3) is 2.46. The van der Waals surface area contributed by atoms with E-state index in [0.717, 1.165) is 0 Å². The Labute approximate surface area is 79.8 Å². The standard InChI is InChI=1S/C11H17NO/c1-9(8-13)10-4-6-11(7-5-10)12(2)3/h4-7,9,13H,8H2,1-3H3/t9-/m0/s1. The Balaban J connectivity index is 2.81. The zero-order valence-corrected chi connectivity index (χ0v) is 8.49. The summed E-state index contributed by atoms with van der Waals surface area (Å²) in [5.74, 6) is 0.233. The molecule has 0 radical (unpaired) electrons. The van der Waals surface area contributed by atoms with Gasteiger partial charge in [-0.15, -0.1) is 0 Å². The van der Waals surface area contributed by atoms with Gasteiger partial charge in [0.25, 0.3) is 0 Å². The summed E-state index contributed by atoms with van der Waals surface area (Å²) >= 11 is 0. The molecule has 0 saturated heterocycles. The first-order valence-electron chi connectivity index (χ1n) is 4.53. The average molecular weight is 179 g/mol. The highest BCUT2D eigenvalue weighted by Gasteiger charge is 2.03. The summed E-state index contributed by atoms with van der Waals surface area (Å²) in [6.45, 7) is 2.23. The number of nitrogens with zero attached hydrogens (tertiary/aromatic N) is 1. The van der Waals surface area contributed by atoms with Gasteiger partial charge < -0.3 is 10.0 Å². The first-order chi connectivity index (χ1) is 6.15. The fourth-order valence-electron chi connectivity index (χ4n) is 1.21. The third-order valence-electron chi connectivity index (χ3n) is 2.25. The van der Waals surface area contributed by atoms with Gasteiger partial charge in [0.15, 0.2) is 0 Å². The minimum Gasteiger partial charge on any atom is -0.396 e. The van der Waals surface area contributed by atoms with E-state index in [0.29, 0.717) is 0 Å². The number of benzene rings is 1. The second-order valence-corrected chi connectivity index (χ2v) is 3.57. The zero-order chi connectivity index (χ0) is 9.84. The van der Waals surface area contributed by atoms with Gasteiger partial charge >= 0.3 is 0 Å². The predicted octanol–water partition coefficient (Wildman–Crippen LogP) is 1.85. The first kappa shape index (κ1) is 10.1. The zero-order valence-electron chi connectivity index (χ0n) is 8.49. The van der Waals surface area contributed by atoms with Gasteiger partial charge in [-0.25, -0.2) is 0 Å². The van der Waals surface area contributed by atoms with Crippen molar-refractivity contribution in [2.24, 2.45) is 0 Å². The summed E-state index contributed by atoms with van der Waals surface area (Å²) in [5, 5.41) is 8.96. The van der Waals surface area contributed by atoms with Gasteiger partial charge in [0.05, 0.1) is 0 Å². The minimum absolute atomic E-state index is 0.210. The summed E-state index contributed by atoms with van der Waals surface area (Å²) in [6, 6.07) is 8.27. The normalized spacial score (nSPS) is 12.6. The molecule has 0 heterocycles. The highest BCUT2D eigenvalue weighted by Crippen LogP contribution is 2.18. The van der Waals surface area contributed by atoms with Crippen LogP contribution >= 0.6 is 0 Å². The number of anilines is 1. The van der Waals surface area contributed by atoms with Gasteiger partial charge in [0.2, 0.25) is 0 Å². The Bertz CT molecular complexity index is 253. The van der Waals surface area contributed by atoms with E-state index in [1.807, 2.05) is 21.0 Å². The SMILES string of the molecule is C[C@@H](CO)c1ccc(N(C)C)cc1. The number of rotatable bonds is 3. The topological polar surface area (TPSA) is 23.5 Å². The molecular formula is C11H17NO. The molecule has 0 bridgehead atoms. The fourth-order valence-corrected chi connectivity index (χ4v) is 1.21. The van der Waals surface area contributed by atoms with Crippen LogP contribution in [0.5, 0.6) is 0 Å². The lowest BCUT2D eigenvalue weighted by atomic mass is 10.0. The third-order valence-corrected chi connectivity index (χ3v) is 2.25. The average Bonchev–Trinajstić information content (AvgIpc) is 2.17. The van der Waals surface area contributed by atoms with E-state index in [4.69, 9.17) is 5.11 Å². The molecule has 0 unspecified atom stereocenters. The second kappa shape index (κ2) is 4.28. The molecule has 1 rings (SSSR count). The van der Waals surface area contributed by atoms with Crippen LogP contribution in [0.4, 0.5) is 5.69 Å². The predicted molar refractivity (Wildman–Crippen MR) is 56.3 cm³/mol. The van der Waals surface area contributed by atoms with Crippen molar-refractivity contribution in [2.75, 3.05) is 25.6 Å². The molecule has 0 aromatic heterocycles. The molecule has 1 aromatic rings. The largest absolute Gasteiger partial charge is 0.396 e. The molecule has 0 aliphatic carbocycles. The maximum absolute atomic E-state index is 8.96. The minimum atomic E-state index is 0.210. The van der Waals surface area contributed by atoms with Crippen LogP contribution in [0.2, 0.25) is 0 Å². The quantitative estimate of drug-likeness (QED) is 0.765. The Hall–Kier alpha value is -1.02. The lowest BCUT2D eigenvalue weighted by molar-refractivity contribution is 0.273. The molecule has 0 saturated carbocycles.